The van der Waals surface area contributed by atoms with Crippen LogP contribution >= 0.6 is 7.72 Å². The summed E-state index contributed by atoms with van der Waals surface area (Å²) in [5, 5.41) is 2.16. The monoisotopic (exact) mass is 232 g/mol. The van der Waals surface area contributed by atoms with E-state index in [2.05, 4.69) is 0 Å². The summed E-state index contributed by atoms with van der Waals surface area (Å²) in [6, 6.07) is 17.7. The maximum atomic E-state index is 5.66. The van der Waals surface area contributed by atoms with Crippen molar-refractivity contribution in [2.24, 2.45) is 0 Å². The van der Waals surface area contributed by atoms with Gasteiger partial charge < -0.3 is 5.73 Å². The molecule has 0 unspecified atom stereocenters. The molecule has 1 aliphatic rings. The second-order valence-corrected chi connectivity index (χ2v) is 6.06. The molecule has 0 spiro atoms. The highest BCUT2D eigenvalue weighted by molar-refractivity contribution is 7.84. The van der Waals surface area contributed by atoms with Crippen LogP contribution in [0.5, 0.6) is 0 Å². The molecular weight excluding hydrogens is 221 g/mol. The number of nitrogen functional groups attached to an aromatic ring is 1. The van der Waals surface area contributed by atoms with E-state index in [1.807, 2.05) is 54.6 Å². The smallest absolute Gasteiger partial charge is 0.399 e. The zero-order chi connectivity index (χ0) is 11.0. The number of benzene rings is 2. The van der Waals surface area contributed by atoms with Gasteiger partial charge in [-0.2, -0.15) is 0 Å². The fraction of sp³-hybridized carbons (Fsp3) is 0. The average molecular weight is 232 g/mol. The van der Waals surface area contributed by atoms with E-state index >= 15 is 0 Å². The predicted molar refractivity (Wildman–Crippen MR) is 65.7 cm³/mol. The summed E-state index contributed by atoms with van der Waals surface area (Å²) in [5.74, 6) is 0. The van der Waals surface area contributed by atoms with Gasteiger partial charge in [-0.05, 0) is 36.4 Å². The summed E-state index contributed by atoms with van der Waals surface area (Å²) >= 11 is 0. The van der Waals surface area contributed by atoms with Crippen LogP contribution in [-0.4, -0.2) is 0 Å². The summed E-state index contributed by atoms with van der Waals surface area (Å²) in [6.45, 7) is 0. The first kappa shape index (κ1) is 9.79. The maximum absolute atomic E-state index is 5.66. The first-order chi connectivity index (χ1) is 7.81. The van der Waals surface area contributed by atoms with Gasteiger partial charge in [0.1, 0.15) is 0 Å². The van der Waals surface area contributed by atoms with E-state index in [1.54, 1.807) is 0 Å². The van der Waals surface area contributed by atoms with E-state index in [1.165, 1.54) is 0 Å². The van der Waals surface area contributed by atoms with E-state index in [0.717, 1.165) is 16.3 Å². The molecule has 4 heteroatoms. The second-order valence-electron chi connectivity index (χ2n) is 3.63. The molecule has 0 saturated carbocycles. The van der Waals surface area contributed by atoms with Gasteiger partial charge in [-0.3, -0.25) is 0 Å². The maximum Gasteiger partial charge on any atom is 0.430 e. The molecule has 1 fully saturated rings. The Morgan fingerprint density at radius 3 is 1.88 bits per heavy atom. The topological polar surface area (TPSA) is 51.1 Å². The fourth-order valence-corrected chi connectivity index (χ4v) is 3.66. The molecule has 80 valence electrons. The molecule has 1 saturated heterocycles. The van der Waals surface area contributed by atoms with Gasteiger partial charge in [-0.15, -0.1) is 0 Å². The van der Waals surface area contributed by atoms with Crippen molar-refractivity contribution in [3.63, 3.8) is 0 Å². The van der Waals surface area contributed by atoms with Crippen molar-refractivity contribution < 1.29 is 9.35 Å². The standard InChI is InChI=1S/C12H11NO2P/c13-10-6-8-12(9-7-10)16(14-15-16)11-4-2-1-3-5-11/h1-9H,13H2/q+1. The fourth-order valence-electron chi connectivity index (χ4n) is 1.65. The lowest BCUT2D eigenvalue weighted by Crippen LogP contribution is -2.12. The average Bonchev–Trinajstić information content (AvgIpc) is 3.13. The molecule has 3 nitrogen and oxygen atoms in total. The molecule has 2 aromatic rings. The molecule has 16 heavy (non-hydrogen) atoms. The zero-order valence-corrected chi connectivity index (χ0v) is 9.43. The third-order valence-electron chi connectivity index (χ3n) is 2.55. The third-order valence-corrected chi connectivity index (χ3v) is 4.96. The van der Waals surface area contributed by atoms with Gasteiger partial charge in [0.05, 0.1) is 0 Å². The Balaban J connectivity index is 2.03. The first-order valence-corrected chi connectivity index (χ1v) is 6.62. The van der Waals surface area contributed by atoms with Crippen LogP contribution in [0, 0.1) is 0 Å². The summed E-state index contributed by atoms with van der Waals surface area (Å²) in [4.78, 5) is 0. The zero-order valence-electron chi connectivity index (χ0n) is 8.54. The Hall–Kier alpha value is -1.41. The van der Waals surface area contributed by atoms with Gasteiger partial charge in [-0.1, -0.05) is 18.2 Å². The molecule has 1 aliphatic heterocycles. The van der Waals surface area contributed by atoms with Crippen molar-refractivity contribution in [3.8, 4) is 0 Å². The van der Waals surface area contributed by atoms with Crippen molar-refractivity contribution in [1.29, 1.82) is 0 Å². The lowest BCUT2D eigenvalue weighted by atomic mass is 10.3. The molecular formula is C12H11NO2P+. The quantitative estimate of drug-likeness (QED) is 0.373. The molecule has 0 bridgehead atoms. The van der Waals surface area contributed by atoms with Crippen LogP contribution in [0.15, 0.2) is 54.6 Å². The van der Waals surface area contributed by atoms with E-state index in [4.69, 9.17) is 15.1 Å². The normalized spacial score (nSPS) is 17.0. The van der Waals surface area contributed by atoms with Crippen molar-refractivity contribution in [2.45, 2.75) is 0 Å². The molecule has 0 radical (unpaired) electrons. The molecule has 0 atom stereocenters. The van der Waals surface area contributed by atoms with Gasteiger partial charge in [0, 0.05) is 15.0 Å². The van der Waals surface area contributed by atoms with E-state index in [-0.39, 0.29) is 0 Å². The lowest BCUT2D eigenvalue weighted by Gasteiger charge is -1.98. The molecule has 2 N–H and O–H groups in total. The van der Waals surface area contributed by atoms with Gasteiger partial charge in [0.25, 0.3) is 0 Å². The molecule has 2 aromatic carbocycles. The van der Waals surface area contributed by atoms with Crippen LogP contribution in [0.1, 0.15) is 0 Å². The molecule has 3 rings (SSSR count). The highest BCUT2D eigenvalue weighted by Gasteiger charge is 2.67. The SMILES string of the molecule is Nc1ccc([P+]2(c3ccccc3)OO2)cc1. The first-order valence-electron chi connectivity index (χ1n) is 5.00. The second kappa shape index (κ2) is 3.56. The largest absolute Gasteiger partial charge is 0.430 e. The van der Waals surface area contributed by atoms with Crippen LogP contribution in [0.2, 0.25) is 0 Å². The van der Waals surface area contributed by atoms with Crippen molar-refractivity contribution in [3.05, 3.63) is 54.6 Å². The molecule has 1 heterocycles. The number of hydrogen-bond donors (Lipinski definition) is 1. The van der Waals surface area contributed by atoms with Gasteiger partial charge in [0.2, 0.25) is 0 Å². The minimum Gasteiger partial charge on any atom is -0.399 e. The third kappa shape index (κ3) is 1.50. The number of nitrogens with two attached hydrogens (primary N) is 1. The van der Waals surface area contributed by atoms with Crippen molar-refractivity contribution in [1.82, 2.24) is 0 Å². The van der Waals surface area contributed by atoms with Crippen molar-refractivity contribution in [2.75, 3.05) is 5.73 Å². The summed E-state index contributed by atoms with van der Waals surface area (Å²) < 4.78 is 10.6. The Morgan fingerprint density at radius 1 is 0.750 bits per heavy atom. The van der Waals surface area contributed by atoms with Crippen LogP contribution in [0.3, 0.4) is 0 Å². The molecule has 0 aromatic heterocycles. The Labute approximate surface area is 94.2 Å². The van der Waals surface area contributed by atoms with Crippen molar-refractivity contribution >= 4 is 24.0 Å². The Bertz CT molecular complexity index is 494. The van der Waals surface area contributed by atoms with Crippen LogP contribution in [-0.2, 0) is 9.35 Å². The van der Waals surface area contributed by atoms with Crippen LogP contribution in [0.25, 0.3) is 0 Å². The number of anilines is 1. The van der Waals surface area contributed by atoms with E-state index < -0.39 is 7.72 Å². The Morgan fingerprint density at radius 2 is 1.31 bits per heavy atom. The van der Waals surface area contributed by atoms with Gasteiger partial charge >= 0.3 is 7.72 Å². The highest BCUT2D eigenvalue weighted by Crippen LogP contribution is 2.73. The summed E-state index contributed by atoms with van der Waals surface area (Å²) in [5.41, 5.74) is 6.41. The predicted octanol–water partition coefficient (Wildman–Crippen LogP) is 2.03. The van der Waals surface area contributed by atoms with Gasteiger partial charge in [-0.25, -0.2) is 0 Å². The van der Waals surface area contributed by atoms with E-state index in [0.29, 0.717) is 0 Å². The summed E-state index contributed by atoms with van der Waals surface area (Å²) in [7, 11) is -1.97. The van der Waals surface area contributed by atoms with Crippen LogP contribution < -0.4 is 16.3 Å². The van der Waals surface area contributed by atoms with Crippen LogP contribution in [0.4, 0.5) is 5.69 Å². The molecule has 0 amide bonds. The molecule has 0 aliphatic carbocycles. The Kier molecular flexibility index (Phi) is 2.18. The minimum absolute atomic E-state index is 0.747. The number of hydrogen-bond acceptors (Lipinski definition) is 3. The number of rotatable bonds is 2. The lowest BCUT2D eigenvalue weighted by molar-refractivity contribution is 0.0850. The summed E-state index contributed by atoms with van der Waals surface area (Å²) in [6.07, 6.45) is 0. The minimum atomic E-state index is -1.97. The highest BCUT2D eigenvalue weighted by atomic mass is 31.2. The van der Waals surface area contributed by atoms with Gasteiger partial charge in [0.15, 0.2) is 10.6 Å². The van der Waals surface area contributed by atoms with E-state index in [9.17, 15) is 0 Å².